The fraction of sp³-hybridized carbons (Fsp3) is 0.333. The molecule has 1 aliphatic carbocycles. The second kappa shape index (κ2) is 14.2. The van der Waals surface area contributed by atoms with Crippen molar-refractivity contribution in [3.8, 4) is 11.1 Å². The van der Waals surface area contributed by atoms with Gasteiger partial charge in [-0.1, -0.05) is 122 Å². The monoisotopic (exact) mass is 698 g/mol. The summed E-state index contributed by atoms with van der Waals surface area (Å²) in [6.07, 6.45) is 13.3. The molecule has 4 atom stereocenters. The zero-order valence-electron chi connectivity index (χ0n) is 30.8. The summed E-state index contributed by atoms with van der Waals surface area (Å²) in [6, 6.07) is 36.2. The standard InChI is InChI=1S/C48H50N4O/c1-3-27-51-29-11-9-18-35(51)31-41-36-19-7-5-16-34(36)25-26-38(41)39-21-14-22-40-45(39)47(53)50-49-46(40)43-32-48(43,44-24-10-12-30-52(44)28-4-2)42-23-13-17-33-15-6-8-20-37(33)42/h3-8,13-17,19-23,25-26,35,43-44H,1-2,9-12,18,24,27-32H2,(H,50,53)/t35-,43?,44?,48?/m1/s1. The lowest BCUT2D eigenvalue weighted by Crippen LogP contribution is -2.47. The molecule has 2 aliphatic heterocycles. The van der Waals surface area contributed by atoms with Crippen molar-refractivity contribution in [2.75, 3.05) is 26.2 Å². The highest BCUT2D eigenvalue weighted by Crippen LogP contribution is 2.66. The Morgan fingerprint density at radius 3 is 2.23 bits per heavy atom. The van der Waals surface area contributed by atoms with Crippen LogP contribution in [-0.2, 0) is 11.8 Å². The first-order valence-corrected chi connectivity index (χ1v) is 19.8. The van der Waals surface area contributed by atoms with Gasteiger partial charge < -0.3 is 0 Å². The molecule has 2 saturated heterocycles. The van der Waals surface area contributed by atoms with Crippen molar-refractivity contribution < 1.29 is 0 Å². The maximum atomic E-state index is 14.2. The third kappa shape index (κ3) is 5.86. The van der Waals surface area contributed by atoms with Gasteiger partial charge in [0.2, 0.25) is 0 Å². The Morgan fingerprint density at radius 2 is 1.40 bits per heavy atom. The van der Waals surface area contributed by atoms with Crippen LogP contribution in [0.5, 0.6) is 0 Å². The summed E-state index contributed by atoms with van der Waals surface area (Å²) in [4.78, 5) is 19.4. The molecule has 3 aliphatic rings. The molecule has 0 spiro atoms. The van der Waals surface area contributed by atoms with Crippen LogP contribution in [0, 0.1) is 0 Å². The Morgan fingerprint density at radius 1 is 0.717 bits per heavy atom. The molecule has 1 N–H and O–H groups in total. The van der Waals surface area contributed by atoms with Gasteiger partial charge in [0.05, 0.1) is 11.1 Å². The molecule has 0 radical (unpaired) electrons. The molecule has 3 unspecified atom stereocenters. The fourth-order valence-corrected chi connectivity index (χ4v) is 10.5. The second-order valence-corrected chi connectivity index (χ2v) is 15.7. The predicted octanol–water partition coefficient (Wildman–Crippen LogP) is 9.95. The molecule has 0 amide bonds. The first-order valence-electron chi connectivity index (χ1n) is 19.8. The van der Waals surface area contributed by atoms with E-state index in [-0.39, 0.29) is 16.9 Å². The van der Waals surface area contributed by atoms with Gasteiger partial charge in [-0.05, 0) is 95.4 Å². The lowest BCUT2D eigenvalue weighted by Gasteiger charge is -2.42. The van der Waals surface area contributed by atoms with E-state index in [1.165, 1.54) is 64.8 Å². The second-order valence-electron chi connectivity index (χ2n) is 15.7. The molecule has 5 aromatic carbocycles. The lowest BCUT2D eigenvalue weighted by atomic mass is 9.77. The van der Waals surface area contributed by atoms with Crippen LogP contribution in [0.4, 0.5) is 0 Å². The SMILES string of the molecule is C=CCN1CCCCC1C1(c2cccc3ccccc23)CC1c1n[nH]c(=O)c2c(-c3ccc4ccccc4c3C[C@H]3CCCCN3CC=C)cccc12. The molecule has 268 valence electrons. The molecule has 3 heterocycles. The Labute approximate surface area is 313 Å². The summed E-state index contributed by atoms with van der Waals surface area (Å²) in [7, 11) is 0. The van der Waals surface area contributed by atoms with Gasteiger partial charge in [0, 0.05) is 41.9 Å². The van der Waals surface area contributed by atoms with Crippen molar-refractivity contribution in [1.29, 1.82) is 0 Å². The molecule has 0 bridgehead atoms. The lowest BCUT2D eigenvalue weighted by molar-refractivity contribution is 0.129. The summed E-state index contributed by atoms with van der Waals surface area (Å²) in [5.74, 6) is 0.170. The smallest absolute Gasteiger partial charge is 0.272 e. The normalized spacial score (nSPS) is 23.7. The topological polar surface area (TPSA) is 52.2 Å². The third-order valence-electron chi connectivity index (χ3n) is 12.9. The minimum absolute atomic E-state index is 0.119. The highest BCUT2D eigenvalue weighted by Gasteiger charge is 2.63. The Balaban J connectivity index is 1.21. The summed E-state index contributed by atoms with van der Waals surface area (Å²) >= 11 is 0. The minimum atomic E-state index is -0.123. The van der Waals surface area contributed by atoms with Gasteiger partial charge in [0.25, 0.3) is 5.56 Å². The first kappa shape index (κ1) is 34.0. The van der Waals surface area contributed by atoms with E-state index < -0.39 is 0 Å². The van der Waals surface area contributed by atoms with Crippen LogP contribution in [0.25, 0.3) is 43.4 Å². The molecule has 5 nitrogen and oxygen atoms in total. The zero-order chi connectivity index (χ0) is 35.9. The maximum Gasteiger partial charge on any atom is 0.272 e. The molecular formula is C48H50N4O. The number of nitrogens with zero attached hydrogens (tertiary/aromatic N) is 3. The van der Waals surface area contributed by atoms with E-state index in [1.807, 2.05) is 6.08 Å². The largest absolute Gasteiger partial charge is 0.296 e. The molecule has 1 aromatic heterocycles. The summed E-state index contributed by atoms with van der Waals surface area (Å²) < 4.78 is 0. The number of nitrogens with one attached hydrogen (secondary N) is 1. The van der Waals surface area contributed by atoms with Gasteiger partial charge >= 0.3 is 0 Å². The van der Waals surface area contributed by atoms with Crippen LogP contribution in [0.15, 0.2) is 127 Å². The predicted molar refractivity (Wildman–Crippen MR) is 221 cm³/mol. The van der Waals surface area contributed by atoms with Gasteiger partial charge in [-0.25, -0.2) is 5.10 Å². The van der Waals surface area contributed by atoms with Crippen molar-refractivity contribution in [2.24, 2.45) is 0 Å². The molecular weight excluding hydrogens is 649 g/mol. The molecule has 53 heavy (non-hydrogen) atoms. The van der Waals surface area contributed by atoms with Crippen LogP contribution >= 0.6 is 0 Å². The number of fused-ring (bicyclic) bond motifs is 3. The average Bonchev–Trinajstić information content (AvgIpc) is 3.95. The fourth-order valence-electron chi connectivity index (χ4n) is 10.5. The van der Waals surface area contributed by atoms with E-state index in [9.17, 15) is 4.79 Å². The van der Waals surface area contributed by atoms with Gasteiger partial charge in [-0.2, -0.15) is 5.10 Å². The van der Waals surface area contributed by atoms with Crippen molar-refractivity contribution in [3.63, 3.8) is 0 Å². The van der Waals surface area contributed by atoms with Crippen molar-refractivity contribution in [1.82, 2.24) is 20.0 Å². The number of aromatic amines is 1. The van der Waals surface area contributed by atoms with Crippen molar-refractivity contribution in [2.45, 2.75) is 74.8 Å². The number of benzene rings is 5. The van der Waals surface area contributed by atoms with Crippen LogP contribution < -0.4 is 5.56 Å². The first-order chi connectivity index (χ1) is 26.1. The van der Waals surface area contributed by atoms with Crippen molar-refractivity contribution in [3.05, 3.63) is 150 Å². The Kier molecular flexibility index (Phi) is 9.09. The minimum Gasteiger partial charge on any atom is -0.296 e. The average molecular weight is 699 g/mol. The van der Waals surface area contributed by atoms with E-state index in [2.05, 4.69) is 131 Å². The number of piperidine rings is 2. The molecule has 5 heteroatoms. The van der Waals surface area contributed by atoms with Crippen LogP contribution in [0.2, 0.25) is 0 Å². The molecule has 9 rings (SSSR count). The number of rotatable bonds is 10. The van der Waals surface area contributed by atoms with E-state index in [1.54, 1.807) is 0 Å². The van der Waals surface area contributed by atoms with Crippen LogP contribution in [-0.4, -0.2) is 58.3 Å². The van der Waals surface area contributed by atoms with Gasteiger partial charge in [0.15, 0.2) is 0 Å². The summed E-state index contributed by atoms with van der Waals surface area (Å²) in [5.41, 5.74) is 5.67. The summed E-state index contributed by atoms with van der Waals surface area (Å²) in [5, 5.41) is 14.9. The third-order valence-corrected chi connectivity index (χ3v) is 12.9. The maximum absolute atomic E-state index is 14.2. The molecule has 3 fully saturated rings. The summed E-state index contributed by atoms with van der Waals surface area (Å²) in [6.45, 7) is 12.2. The molecule has 6 aromatic rings. The highest BCUT2D eigenvalue weighted by atomic mass is 16.1. The highest BCUT2D eigenvalue weighted by molar-refractivity contribution is 6.02. The quantitative estimate of drug-likeness (QED) is 0.145. The van der Waals surface area contributed by atoms with E-state index in [4.69, 9.17) is 5.10 Å². The zero-order valence-corrected chi connectivity index (χ0v) is 30.8. The van der Waals surface area contributed by atoms with Gasteiger partial charge in [-0.15, -0.1) is 13.2 Å². The van der Waals surface area contributed by atoms with Crippen molar-refractivity contribution >= 4 is 32.3 Å². The van der Waals surface area contributed by atoms with E-state index in [0.717, 1.165) is 73.0 Å². The van der Waals surface area contributed by atoms with Gasteiger partial charge in [0.1, 0.15) is 0 Å². The van der Waals surface area contributed by atoms with Crippen LogP contribution in [0.1, 0.15) is 67.7 Å². The van der Waals surface area contributed by atoms with Crippen LogP contribution in [0.3, 0.4) is 0 Å². The number of hydrogen-bond acceptors (Lipinski definition) is 4. The Hall–Kier alpha value is -4.84. The molecule has 1 saturated carbocycles. The number of hydrogen-bond donors (Lipinski definition) is 1. The number of H-pyrrole nitrogens is 1. The van der Waals surface area contributed by atoms with E-state index >= 15 is 0 Å². The van der Waals surface area contributed by atoms with Gasteiger partial charge in [-0.3, -0.25) is 14.6 Å². The number of likely N-dealkylation sites (tertiary alicyclic amines) is 2. The number of aromatic nitrogens is 2. The Bertz CT molecular complexity index is 2390. The van der Waals surface area contributed by atoms with E-state index in [0.29, 0.717) is 12.1 Å².